The molecule has 0 aliphatic carbocycles. The van der Waals surface area contributed by atoms with Gasteiger partial charge in [0.15, 0.2) is 17.5 Å². The minimum absolute atomic E-state index is 0.599. The van der Waals surface area contributed by atoms with Gasteiger partial charge in [0.1, 0.15) is 11.2 Å². The normalized spacial score (nSPS) is 11.6. The van der Waals surface area contributed by atoms with E-state index in [9.17, 15) is 0 Å². The number of benzene rings is 7. The quantitative estimate of drug-likeness (QED) is 0.209. The van der Waals surface area contributed by atoms with Crippen LogP contribution >= 0.6 is 0 Å². The van der Waals surface area contributed by atoms with E-state index in [0.717, 1.165) is 60.5 Å². The van der Waals surface area contributed by atoms with Crippen molar-refractivity contribution in [3.63, 3.8) is 0 Å². The Balaban J connectivity index is 1.27. The molecule has 0 aliphatic rings. The highest BCUT2D eigenvalue weighted by Crippen LogP contribution is 2.36. The third-order valence-corrected chi connectivity index (χ3v) is 8.49. The molecule has 7 aromatic carbocycles. The lowest BCUT2D eigenvalue weighted by Crippen LogP contribution is -2.01. The molecule has 0 atom stereocenters. The Hall–Kier alpha value is -6.13. The monoisotopic (exact) mass is 575 g/mol. The minimum Gasteiger partial charge on any atom is -0.456 e. The van der Waals surface area contributed by atoms with Gasteiger partial charge in [0, 0.05) is 27.5 Å². The number of para-hydroxylation sites is 1. The summed E-state index contributed by atoms with van der Waals surface area (Å²) in [5.74, 6) is 1.85. The van der Waals surface area contributed by atoms with Crippen LogP contribution in [0.15, 0.2) is 156 Å². The zero-order valence-corrected chi connectivity index (χ0v) is 24.2. The number of furan rings is 1. The summed E-state index contributed by atoms with van der Waals surface area (Å²) >= 11 is 0. The summed E-state index contributed by atoms with van der Waals surface area (Å²) in [5.41, 5.74) is 6.69. The summed E-state index contributed by atoms with van der Waals surface area (Å²) in [6, 6.07) is 52.4. The number of aromatic nitrogens is 3. The van der Waals surface area contributed by atoms with Gasteiger partial charge >= 0.3 is 0 Å². The summed E-state index contributed by atoms with van der Waals surface area (Å²) in [6.07, 6.45) is 0. The van der Waals surface area contributed by atoms with Crippen molar-refractivity contribution in [1.29, 1.82) is 0 Å². The zero-order chi connectivity index (χ0) is 29.7. The Bertz CT molecular complexity index is 2550. The van der Waals surface area contributed by atoms with Crippen molar-refractivity contribution in [1.82, 2.24) is 15.0 Å². The van der Waals surface area contributed by atoms with Gasteiger partial charge in [-0.15, -0.1) is 0 Å². The second kappa shape index (κ2) is 10.2. The average molecular weight is 576 g/mol. The SMILES string of the molecule is c1ccc(-c2nc(-c3ccc4c(c3)oc3ccccc34)nc(-c3cc(-c4ccc5ccccc5c4)cc4ccccc34)n2)cc1. The number of nitrogens with zero attached hydrogens (tertiary/aromatic N) is 3. The Morgan fingerprint density at radius 2 is 0.956 bits per heavy atom. The van der Waals surface area contributed by atoms with E-state index in [1.165, 1.54) is 10.8 Å². The fourth-order valence-electron chi connectivity index (χ4n) is 6.24. The van der Waals surface area contributed by atoms with Crippen LogP contribution in [0.1, 0.15) is 0 Å². The van der Waals surface area contributed by atoms with Gasteiger partial charge in [-0.3, -0.25) is 0 Å². The first-order valence-corrected chi connectivity index (χ1v) is 15.0. The topological polar surface area (TPSA) is 51.8 Å². The first-order chi connectivity index (χ1) is 22.3. The molecular weight excluding hydrogens is 550 g/mol. The third kappa shape index (κ3) is 4.43. The van der Waals surface area contributed by atoms with Gasteiger partial charge in [-0.05, 0) is 69.1 Å². The molecular formula is C41H25N3O. The molecule has 2 heterocycles. The van der Waals surface area contributed by atoms with Gasteiger partial charge in [0.2, 0.25) is 0 Å². The molecule has 0 saturated heterocycles. The Labute approximate surface area is 259 Å². The van der Waals surface area contributed by atoms with Crippen LogP contribution < -0.4 is 0 Å². The maximum Gasteiger partial charge on any atom is 0.164 e. The van der Waals surface area contributed by atoms with Crippen LogP contribution in [0, 0.1) is 0 Å². The van der Waals surface area contributed by atoms with E-state index in [1.54, 1.807) is 0 Å². The number of rotatable bonds is 4. The number of hydrogen-bond donors (Lipinski definition) is 0. The van der Waals surface area contributed by atoms with Crippen LogP contribution in [0.25, 0.3) is 88.8 Å². The Morgan fingerprint density at radius 1 is 0.333 bits per heavy atom. The molecule has 0 N–H and O–H groups in total. The van der Waals surface area contributed by atoms with Gasteiger partial charge in [-0.1, -0.05) is 115 Å². The number of hydrogen-bond acceptors (Lipinski definition) is 4. The highest BCUT2D eigenvalue weighted by atomic mass is 16.3. The highest BCUT2D eigenvalue weighted by molar-refractivity contribution is 6.06. The van der Waals surface area contributed by atoms with Crippen molar-refractivity contribution in [3.05, 3.63) is 152 Å². The summed E-state index contributed by atoms with van der Waals surface area (Å²) in [7, 11) is 0. The first kappa shape index (κ1) is 25.4. The van der Waals surface area contributed by atoms with Crippen molar-refractivity contribution in [2.24, 2.45) is 0 Å². The van der Waals surface area contributed by atoms with E-state index in [2.05, 4.69) is 97.1 Å². The summed E-state index contributed by atoms with van der Waals surface area (Å²) < 4.78 is 6.23. The van der Waals surface area contributed by atoms with Gasteiger partial charge < -0.3 is 4.42 Å². The van der Waals surface area contributed by atoms with Gasteiger partial charge in [0.25, 0.3) is 0 Å². The predicted octanol–water partition coefficient (Wildman–Crippen LogP) is 10.7. The highest BCUT2D eigenvalue weighted by Gasteiger charge is 2.17. The number of fused-ring (bicyclic) bond motifs is 5. The van der Waals surface area contributed by atoms with Crippen molar-refractivity contribution >= 4 is 43.5 Å². The van der Waals surface area contributed by atoms with Gasteiger partial charge in [-0.2, -0.15) is 0 Å². The van der Waals surface area contributed by atoms with Gasteiger partial charge in [-0.25, -0.2) is 15.0 Å². The fourth-order valence-corrected chi connectivity index (χ4v) is 6.24. The average Bonchev–Trinajstić information content (AvgIpc) is 3.49. The smallest absolute Gasteiger partial charge is 0.164 e. The fraction of sp³-hybridized carbons (Fsp3) is 0. The van der Waals surface area contributed by atoms with E-state index in [1.807, 2.05) is 54.6 Å². The lowest BCUT2D eigenvalue weighted by Gasteiger charge is -2.13. The van der Waals surface area contributed by atoms with Crippen molar-refractivity contribution < 1.29 is 4.42 Å². The molecule has 0 radical (unpaired) electrons. The summed E-state index contributed by atoms with van der Waals surface area (Å²) in [4.78, 5) is 15.2. The minimum atomic E-state index is 0.599. The van der Waals surface area contributed by atoms with Gasteiger partial charge in [0.05, 0.1) is 0 Å². The molecule has 9 rings (SSSR count). The standard InChI is InChI=1S/C41H25N3O/c1-2-11-27(12-3-1)39-42-40(31-20-21-35-34-16-8-9-17-37(34)45-38(35)25-31)44-41(43-39)36-24-32(23-30-14-6-7-15-33(30)36)29-19-18-26-10-4-5-13-28(26)22-29/h1-25H. The zero-order valence-electron chi connectivity index (χ0n) is 24.2. The first-order valence-electron chi connectivity index (χ1n) is 15.0. The molecule has 0 unspecified atom stereocenters. The molecule has 0 amide bonds. The third-order valence-electron chi connectivity index (χ3n) is 8.49. The molecule has 0 saturated carbocycles. The molecule has 9 aromatic rings. The van der Waals surface area contributed by atoms with Crippen LogP contribution in [-0.4, -0.2) is 15.0 Å². The van der Waals surface area contributed by atoms with E-state index < -0.39 is 0 Å². The van der Waals surface area contributed by atoms with Crippen LogP contribution in [0.3, 0.4) is 0 Å². The molecule has 0 spiro atoms. The largest absolute Gasteiger partial charge is 0.456 e. The molecule has 210 valence electrons. The van der Waals surface area contributed by atoms with Crippen molar-refractivity contribution in [2.75, 3.05) is 0 Å². The Morgan fingerprint density at radius 3 is 1.82 bits per heavy atom. The maximum atomic E-state index is 6.23. The van der Waals surface area contributed by atoms with E-state index >= 15 is 0 Å². The molecule has 4 nitrogen and oxygen atoms in total. The van der Waals surface area contributed by atoms with Crippen LogP contribution in [-0.2, 0) is 0 Å². The lowest BCUT2D eigenvalue weighted by atomic mass is 9.95. The Kier molecular flexibility index (Phi) is 5.78. The van der Waals surface area contributed by atoms with E-state index in [-0.39, 0.29) is 0 Å². The molecule has 2 aromatic heterocycles. The van der Waals surface area contributed by atoms with Crippen LogP contribution in [0.5, 0.6) is 0 Å². The molecule has 4 heteroatoms. The van der Waals surface area contributed by atoms with E-state index in [0.29, 0.717) is 17.5 Å². The summed E-state index contributed by atoms with van der Waals surface area (Å²) in [6.45, 7) is 0. The van der Waals surface area contributed by atoms with Crippen molar-refractivity contribution in [3.8, 4) is 45.3 Å². The summed E-state index contributed by atoms with van der Waals surface area (Å²) in [5, 5.41) is 6.81. The molecule has 0 aliphatic heterocycles. The molecule has 45 heavy (non-hydrogen) atoms. The predicted molar refractivity (Wildman–Crippen MR) is 184 cm³/mol. The maximum absolute atomic E-state index is 6.23. The lowest BCUT2D eigenvalue weighted by molar-refractivity contribution is 0.669. The van der Waals surface area contributed by atoms with Crippen molar-refractivity contribution in [2.45, 2.75) is 0 Å². The van der Waals surface area contributed by atoms with Crippen LogP contribution in [0.2, 0.25) is 0 Å². The van der Waals surface area contributed by atoms with Crippen LogP contribution in [0.4, 0.5) is 0 Å². The molecule has 0 fully saturated rings. The van der Waals surface area contributed by atoms with E-state index in [4.69, 9.17) is 19.4 Å². The molecule has 0 bridgehead atoms. The second-order valence-electron chi connectivity index (χ2n) is 11.3. The second-order valence-corrected chi connectivity index (χ2v) is 11.3.